The molecule has 2 amide bonds. The van der Waals surface area contributed by atoms with E-state index in [9.17, 15) is 9.59 Å². The Balaban J connectivity index is 1.50. The second-order valence-corrected chi connectivity index (χ2v) is 7.29. The molecular weight excluding hydrogens is 362 g/mol. The maximum absolute atomic E-state index is 13.1. The molecule has 0 unspecified atom stereocenters. The average Bonchev–Trinajstić information content (AvgIpc) is 2.76. The number of hydrogen-bond donors (Lipinski definition) is 1. The van der Waals surface area contributed by atoms with E-state index in [0.29, 0.717) is 18.7 Å². The van der Waals surface area contributed by atoms with Crippen LogP contribution in [0.25, 0.3) is 0 Å². The molecule has 0 aliphatic carbocycles. The number of carbonyl (C=O) groups is 2. The van der Waals surface area contributed by atoms with E-state index < -0.39 is 0 Å². The van der Waals surface area contributed by atoms with Crippen LogP contribution in [-0.4, -0.2) is 23.3 Å². The van der Waals surface area contributed by atoms with Crippen LogP contribution in [0.2, 0.25) is 0 Å². The van der Waals surface area contributed by atoms with Crippen molar-refractivity contribution in [2.24, 2.45) is 0 Å². The van der Waals surface area contributed by atoms with Crippen molar-refractivity contribution in [2.75, 3.05) is 11.4 Å². The quantitative estimate of drug-likeness (QED) is 0.741. The lowest BCUT2D eigenvalue weighted by Gasteiger charge is -2.29. The third kappa shape index (κ3) is 4.19. The molecule has 29 heavy (non-hydrogen) atoms. The van der Waals surface area contributed by atoms with Gasteiger partial charge < -0.3 is 10.2 Å². The number of para-hydroxylation sites is 1. The monoisotopic (exact) mass is 385 g/mol. The first kappa shape index (κ1) is 18.9. The van der Waals surface area contributed by atoms with Crippen molar-refractivity contribution in [2.45, 2.75) is 26.3 Å². The summed E-state index contributed by atoms with van der Waals surface area (Å²) in [7, 11) is 0. The fourth-order valence-electron chi connectivity index (χ4n) is 3.68. The highest BCUT2D eigenvalue weighted by Crippen LogP contribution is 2.28. The Kier molecular flexibility index (Phi) is 5.38. The fraction of sp³-hybridized carbons (Fsp3) is 0.208. The number of anilines is 1. The zero-order valence-electron chi connectivity index (χ0n) is 16.4. The van der Waals surface area contributed by atoms with Crippen LogP contribution in [0.1, 0.15) is 44.0 Å². The van der Waals surface area contributed by atoms with E-state index in [-0.39, 0.29) is 17.5 Å². The topological polar surface area (TPSA) is 62.3 Å². The van der Waals surface area contributed by atoms with E-state index in [4.69, 9.17) is 0 Å². The van der Waals surface area contributed by atoms with Crippen LogP contribution < -0.4 is 10.2 Å². The molecule has 0 saturated heterocycles. The molecule has 0 fully saturated rings. The lowest BCUT2D eigenvalue weighted by atomic mass is 10.0. The van der Waals surface area contributed by atoms with Gasteiger partial charge in [0.2, 0.25) is 0 Å². The Bertz CT molecular complexity index is 1060. The van der Waals surface area contributed by atoms with Gasteiger partial charge in [0.15, 0.2) is 0 Å². The molecule has 2 aromatic carbocycles. The number of aromatic nitrogens is 1. The van der Waals surface area contributed by atoms with E-state index in [1.807, 2.05) is 49.4 Å². The molecule has 1 aliphatic heterocycles. The predicted molar refractivity (Wildman–Crippen MR) is 113 cm³/mol. The van der Waals surface area contributed by atoms with Crippen LogP contribution in [-0.2, 0) is 13.0 Å². The number of hydrogen-bond acceptors (Lipinski definition) is 3. The number of amides is 2. The summed E-state index contributed by atoms with van der Waals surface area (Å²) in [6.45, 7) is 3.10. The van der Waals surface area contributed by atoms with Crippen LogP contribution in [0.15, 0.2) is 66.9 Å². The molecule has 1 N–H and O–H groups in total. The summed E-state index contributed by atoms with van der Waals surface area (Å²) in [4.78, 5) is 31.6. The van der Waals surface area contributed by atoms with Gasteiger partial charge >= 0.3 is 0 Å². The first-order chi connectivity index (χ1) is 14.1. The minimum atomic E-state index is -0.291. The first-order valence-electron chi connectivity index (χ1n) is 9.81. The Morgan fingerprint density at radius 3 is 2.79 bits per heavy atom. The van der Waals surface area contributed by atoms with Crippen molar-refractivity contribution >= 4 is 17.5 Å². The van der Waals surface area contributed by atoms with E-state index in [0.717, 1.165) is 29.7 Å². The standard InChI is InChI=1S/C24H23N3O2/c1-17-6-4-7-18(14-17)16-26-23(28)21-15-20(11-12-25-21)24(29)27-13-5-9-19-8-2-3-10-22(19)27/h2-4,6-8,10-12,14-15H,5,9,13,16H2,1H3,(H,26,28). The summed E-state index contributed by atoms with van der Waals surface area (Å²) in [5.41, 5.74) is 5.01. The molecule has 0 bridgehead atoms. The lowest BCUT2D eigenvalue weighted by Crippen LogP contribution is -2.35. The summed E-state index contributed by atoms with van der Waals surface area (Å²) in [6.07, 6.45) is 3.42. The summed E-state index contributed by atoms with van der Waals surface area (Å²) in [5.74, 6) is -0.396. The van der Waals surface area contributed by atoms with Gasteiger partial charge in [-0.2, -0.15) is 0 Å². The van der Waals surface area contributed by atoms with E-state index >= 15 is 0 Å². The molecule has 2 heterocycles. The van der Waals surface area contributed by atoms with E-state index in [1.165, 1.54) is 11.8 Å². The number of nitrogens with zero attached hydrogens (tertiary/aromatic N) is 2. The van der Waals surface area contributed by atoms with Crippen molar-refractivity contribution in [1.29, 1.82) is 0 Å². The Hall–Kier alpha value is -3.47. The number of rotatable bonds is 4. The maximum Gasteiger partial charge on any atom is 0.270 e. The van der Waals surface area contributed by atoms with Gasteiger partial charge in [0, 0.05) is 30.5 Å². The molecule has 3 aromatic rings. The minimum absolute atomic E-state index is 0.104. The molecule has 0 atom stereocenters. The zero-order chi connectivity index (χ0) is 20.2. The lowest BCUT2D eigenvalue weighted by molar-refractivity contribution is 0.0946. The SMILES string of the molecule is Cc1cccc(CNC(=O)c2cc(C(=O)N3CCCc4ccccc43)ccn2)c1. The van der Waals surface area contributed by atoms with Crippen LogP contribution in [0, 0.1) is 6.92 Å². The summed E-state index contributed by atoms with van der Waals surface area (Å²) in [6, 6.07) is 19.2. The molecule has 0 radical (unpaired) electrons. The highest BCUT2D eigenvalue weighted by Gasteiger charge is 2.24. The summed E-state index contributed by atoms with van der Waals surface area (Å²) >= 11 is 0. The van der Waals surface area contributed by atoms with Crippen LogP contribution >= 0.6 is 0 Å². The third-order valence-electron chi connectivity index (χ3n) is 5.13. The molecule has 0 spiro atoms. The number of carbonyl (C=O) groups excluding carboxylic acids is 2. The van der Waals surface area contributed by atoms with E-state index in [2.05, 4.69) is 16.4 Å². The number of aryl methyl sites for hydroxylation is 2. The van der Waals surface area contributed by atoms with E-state index in [1.54, 1.807) is 17.0 Å². The Morgan fingerprint density at radius 2 is 1.93 bits per heavy atom. The Labute approximate surface area is 170 Å². The van der Waals surface area contributed by atoms with Gasteiger partial charge in [0.1, 0.15) is 5.69 Å². The predicted octanol–water partition coefficient (Wildman–Crippen LogP) is 3.91. The van der Waals surface area contributed by atoms with Crippen LogP contribution in [0.4, 0.5) is 5.69 Å². The number of benzene rings is 2. The molecule has 0 saturated carbocycles. The molecular formula is C24H23N3O2. The van der Waals surface area contributed by atoms with Crippen LogP contribution in [0.3, 0.4) is 0 Å². The van der Waals surface area contributed by atoms with Gasteiger partial charge in [-0.25, -0.2) is 0 Å². The second-order valence-electron chi connectivity index (χ2n) is 7.29. The van der Waals surface area contributed by atoms with Crippen molar-refractivity contribution in [3.05, 3.63) is 94.8 Å². The van der Waals surface area contributed by atoms with Crippen LogP contribution in [0.5, 0.6) is 0 Å². The molecule has 4 rings (SSSR count). The minimum Gasteiger partial charge on any atom is -0.347 e. The summed E-state index contributed by atoms with van der Waals surface area (Å²) in [5, 5.41) is 2.88. The van der Waals surface area contributed by atoms with Gasteiger partial charge in [-0.15, -0.1) is 0 Å². The second kappa shape index (κ2) is 8.27. The smallest absolute Gasteiger partial charge is 0.270 e. The third-order valence-corrected chi connectivity index (χ3v) is 5.13. The Morgan fingerprint density at radius 1 is 1.07 bits per heavy atom. The largest absolute Gasteiger partial charge is 0.347 e. The molecule has 1 aromatic heterocycles. The zero-order valence-corrected chi connectivity index (χ0v) is 16.4. The molecule has 5 nitrogen and oxygen atoms in total. The van der Waals surface area contributed by atoms with Gasteiger partial charge in [-0.3, -0.25) is 14.6 Å². The number of fused-ring (bicyclic) bond motifs is 1. The van der Waals surface area contributed by atoms with Gasteiger partial charge in [-0.05, 0) is 49.1 Å². The molecule has 146 valence electrons. The van der Waals surface area contributed by atoms with Gasteiger partial charge in [-0.1, -0.05) is 48.0 Å². The molecule has 5 heteroatoms. The maximum atomic E-state index is 13.1. The van der Waals surface area contributed by atoms with Gasteiger partial charge in [0.05, 0.1) is 0 Å². The van der Waals surface area contributed by atoms with Crippen molar-refractivity contribution in [1.82, 2.24) is 10.3 Å². The summed E-state index contributed by atoms with van der Waals surface area (Å²) < 4.78 is 0. The first-order valence-corrected chi connectivity index (χ1v) is 9.81. The van der Waals surface area contributed by atoms with Gasteiger partial charge in [0.25, 0.3) is 11.8 Å². The van der Waals surface area contributed by atoms with Crippen molar-refractivity contribution in [3.63, 3.8) is 0 Å². The number of nitrogens with one attached hydrogen (secondary N) is 1. The highest BCUT2D eigenvalue weighted by atomic mass is 16.2. The van der Waals surface area contributed by atoms with Crippen molar-refractivity contribution in [3.8, 4) is 0 Å². The average molecular weight is 385 g/mol. The molecule has 1 aliphatic rings. The number of pyridine rings is 1. The highest BCUT2D eigenvalue weighted by molar-refractivity contribution is 6.07. The normalized spacial score (nSPS) is 12.9. The fourth-order valence-corrected chi connectivity index (χ4v) is 3.68. The van der Waals surface area contributed by atoms with Crippen molar-refractivity contribution < 1.29 is 9.59 Å².